The Bertz CT molecular complexity index is 1610. The molecule has 0 aromatic carbocycles. The van der Waals surface area contributed by atoms with Gasteiger partial charge in [-0.1, -0.05) is 291 Å². The molecule has 6 heteroatoms. The van der Waals surface area contributed by atoms with Gasteiger partial charge in [0.1, 0.15) is 13.2 Å². The molecule has 1 atom stereocenters. The van der Waals surface area contributed by atoms with Gasteiger partial charge >= 0.3 is 17.9 Å². The number of esters is 3. The van der Waals surface area contributed by atoms with E-state index in [-0.39, 0.29) is 31.1 Å². The summed E-state index contributed by atoms with van der Waals surface area (Å²) in [5.41, 5.74) is 0. The smallest absolute Gasteiger partial charge is 0.306 e. The van der Waals surface area contributed by atoms with Crippen LogP contribution in [-0.4, -0.2) is 37.2 Å². The van der Waals surface area contributed by atoms with Crippen LogP contribution >= 0.6 is 0 Å². The highest BCUT2D eigenvalue weighted by Gasteiger charge is 2.19. The van der Waals surface area contributed by atoms with Crippen LogP contribution in [0.2, 0.25) is 0 Å². The van der Waals surface area contributed by atoms with Crippen LogP contribution in [-0.2, 0) is 28.6 Å². The Morgan fingerprint density at radius 3 is 0.825 bits per heavy atom. The van der Waals surface area contributed by atoms with E-state index in [1.807, 2.05) is 0 Å². The molecule has 0 heterocycles. The van der Waals surface area contributed by atoms with E-state index in [2.05, 4.69) is 130 Å². The van der Waals surface area contributed by atoms with E-state index in [0.717, 1.165) is 122 Å². The molecule has 0 aromatic rings. The third-order valence-corrected chi connectivity index (χ3v) is 14.5. The molecule has 0 aliphatic carbocycles. The Hall–Kier alpha value is -3.93. The maximum atomic E-state index is 12.9. The van der Waals surface area contributed by atoms with Crippen molar-refractivity contribution in [2.75, 3.05) is 13.2 Å². The number of carbonyl (C=O) groups is 3. The van der Waals surface area contributed by atoms with Crippen molar-refractivity contribution >= 4 is 17.9 Å². The van der Waals surface area contributed by atoms with Crippen LogP contribution < -0.4 is 0 Å². The summed E-state index contributed by atoms with van der Waals surface area (Å²) in [6, 6.07) is 0. The van der Waals surface area contributed by atoms with Gasteiger partial charge in [0.05, 0.1) is 0 Å². The van der Waals surface area contributed by atoms with E-state index in [1.165, 1.54) is 161 Å². The first kappa shape index (κ1) is 76.1. The minimum Gasteiger partial charge on any atom is -0.462 e. The van der Waals surface area contributed by atoms with Crippen molar-refractivity contribution in [3.8, 4) is 0 Å². The summed E-state index contributed by atoms with van der Waals surface area (Å²) in [6.45, 7) is 6.46. The number of ether oxygens (including phenoxy) is 3. The molecule has 458 valence electrons. The molecule has 0 radical (unpaired) electrons. The fraction of sp³-hybridized carbons (Fsp3) is 0.716. The van der Waals surface area contributed by atoms with Crippen molar-refractivity contribution in [3.05, 3.63) is 109 Å². The number of carbonyl (C=O) groups excluding carboxylic acids is 3. The summed E-state index contributed by atoms with van der Waals surface area (Å²) in [5.74, 6) is -0.895. The van der Waals surface area contributed by atoms with Gasteiger partial charge in [0, 0.05) is 19.3 Å². The summed E-state index contributed by atoms with van der Waals surface area (Å²) in [6.07, 6.45) is 92.5. The molecule has 0 saturated heterocycles. The highest BCUT2D eigenvalue weighted by atomic mass is 16.6. The molecule has 0 fully saturated rings. The fourth-order valence-corrected chi connectivity index (χ4v) is 9.42. The molecule has 0 aliphatic rings. The molecule has 0 amide bonds. The fourth-order valence-electron chi connectivity index (χ4n) is 9.42. The molecule has 80 heavy (non-hydrogen) atoms. The van der Waals surface area contributed by atoms with Gasteiger partial charge in [-0.15, -0.1) is 0 Å². The minimum absolute atomic E-state index is 0.0847. The Balaban J connectivity index is 4.25. The van der Waals surface area contributed by atoms with E-state index in [9.17, 15) is 14.4 Å². The molecule has 0 rings (SSSR count). The van der Waals surface area contributed by atoms with Gasteiger partial charge in [-0.3, -0.25) is 14.4 Å². The molecule has 0 saturated carbocycles. The molecule has 0 aliphatic heterocycles. The Morgan fingerprint density at radius 2 is 0.512 bits per heavy atom. The first-order valence-electron chi connectivity index (χ1n) is 33.9. The second-order valence-electron chi connectivity index (χ2n) is 22.3. The first-order valence-corrected chi connectivity index (χ1v) is 33.9. The summed E-state index contributed by atoms with van der Waals surface area (Å²) < 4.78 is 16.9. The Labute approximate surface area is 495 Å². The average Bonchev–Trinajstić information content (AvgIpc) is 3.46. The van der Waals surface area contributed by atoms with Crippen molar-refractivity contribution in [1.82, 2.24) is 0 Å². The van der Waals surface area contributed by atoms with E-state index in [0.29, 0.717) is 19.3 Å². The van der Waals surface area contributed by atoms with Crippen LogP contribution in [0.3, 0.4) is 0 Å². The van der Waals surface area contributed by atoms with Crippen molar-refractivity contribution < 1.29 is 28.6 Å². The molecule has 0 aromatic heterocycles. The molecular formula is C74H126O6. The summed E-state index contributed by atoms with van der Waals surface area (Å²) in [7, 11) is 0. The van der Waals surface area contributed by atoms with Gasteiger partial charge in [-0.05, 0) is 122 Å². The van der Waals surface area contributed by atoms with Gasteiger partial charge in [-0.25, -0.2) is 0 Å². The predicted molar refractivity (Wildman–Crippen MR) is 348 cm³/mol. The maximum absolute atomic E-state index is 12.9. The standard InChI is InChI=1S/C74H126O6/c1-4-7-10-13-16-19-22-24-26-28-30-32-34-36-37-39-40-42-44-46-48-50-52-55-58-61-64-67-73(76)79-70-71(69-78-72(75)66-63-60-57-54-21-18-15-12-9-6-3)80-74(77)68-65-62-59-56-53-51-49-47-45-43-41-38-35-33-31-29-27-25-23-20-17-14-11-8-5-2/h7,10,12,15-16,19,23-26,29-32,36-37,40,42,71H,4-6,8-9,11,13-14,17-18,20-22,27-28,33-35,38-39,41,43-70H2,1-3H3/b10-7-,15-12-,19-16-,25-23-,26-24-,31-29-,32-30-,37-36-,42-40-. The summed E-state index contributed by atoms with van der Waals surface area (Å²) in [5, 5.41) is 0. The van der Waals surface area contributed by atoms with E-state index >= 15 is 0 Å². The third kappa shape index (κ3) is 64.9. The molecular weight excluding hydrogens is 985 g/mol. The molecule has 1 unspecified atom stereocenters. The highest BCUT2D eigenvalue weighted by Crippen LogP contribution is 2.16. The van der Waals surface area contributed by atoms with Crippen molar-refractivity contribution in [1.29, 1.82) is 0 Å². The lowest BCUT2D eigenvalue weighted by Crippen LogP contribution is -2.30. The van der Waals surface area contributed by atoms with E-state index in [1.54, 1.807) is 0 Å². The first-order chi connectivity index (χ1) is 39.5. The number of rotatable bonds is 61. The number of hydrogen-bond donors (Lipinski definition) is 0. The monoisotopic (exact) mass is 1110 g/mol. The lowest BCUT2D eigenvalue weighted by atomic mass is 10.0. The van der Waals surface area contributed by atoms with Crippen LogP contribution in [0.1, 0.15) is 323 Å². The molecule has 6 nitrogen and oxygen atoms in total. The summed E-state index contributed by atoms with van der Waals surface area (Å²) >= 11 is 0. The van der Waals surface area contributed by atoms with Crippen molar-refractivity contribution in [2.45, 2.75) is 329 Å². The Kier molecular flexibility index (Phi) is 64.3. The molecule has 0 bridgehead atoms. The van der Waals surface area contributed by atoms with Crippen LogP contribution in [0.4, 0.5) is 0 Å². The van der Waals surface area contributed by atoms with Crippen LogP contribution in [0.5, 0.6) is 0 Å². The molecule has 0 N–H and O–H groups in total. The third-order valence-electron chi connectivity index (χ3n) is 14.5. The van der Waals surface area contributed by atoms with Gasteiger partial charge in [0.15, 0.2) is 6.10 Å². The minimum atomic E-state index is -0.787. The van der Waals surface area contributed by atoms with Crippen LogP contribution in [0.25, 0.3) is 0 Å². The van der Waals surface area contributed by atoms with Gasteiger partial charge in [0.2, 0.25) is 0 Å². The topological polar surface area (TPSA) is 78.9 Å². The lowest BCUT2D eigenvalue weighted by Gasteiger charge is -2.18. The normalized spacial score (nSPS) is 12.8. The van der Waals surface area contributed by atoms with Crippen molar-refractivity contribution in [3.63, 3.8) is 0 Å². The second-order valence-corrected chi connectivity index (χ2v) is 22.3. The van der Waals surface area contributed by atoms with Gasteiger partial charge in [0.25, 0.3) is 0 Å². The van der Waals surface area contributed by atoms with Crippen LogP contribution in [0, 0.1) is 0 Å². The maximum Gasteiger partial charge on any atom is 0.306 e. The van der Waals surface area contributed by atoms with E-state index < -0.39 is 6.10 Å². The van der Waals surface area contributed by atoms with Crippen LogP contribution in [0.15, 0.2) is 109 Å². The zero-order chi connectivity index (χ0) is 57.8. The Morgan fingerprint density at radius 1 is 0.263 bits per heavy atom. The van der Waals surface area contributed by atoms with Gasteiger partial charge < -0.3 is 14.2 Å². The predicted octanol–water partition coefficient (Wildman–Crippen LogP) is 23.4. The number of unbranched alkanes of at least 4 members (excludes halogenated alkanes) is 32. The zero-order valence-electron chi connectivity index (χ0n) is 52.6. The SMILES string of the molecule is CC/C=C\C/C=C\C/C=C\C/C=C\C/C=C\C/C=C\CCCCCCCCCCC(=O)OCC(COC(=O)CCCCCCC/C=C\CCC)OC(=O)CCCCCCCCCCCCCCC/C=C\C/C=C\CCCCCCC. The van der Waals surface area contributed by atoms with Crippen molar-refractivity contribution in [2.24, 2.45) is 0 Å². The number of allylic oxidation sites excluding steroid dienone is 18. The zero-order valence-corrected chi connectivity index (χ0v) is 52.6. The quantitative estimate of drug-likeness (QED) is 0.0261. The second kappa shape index (κ2) is 67.6. The van der Waals surface area contributed by atoms with Gasteiger partial charge in [-0.2, -0.15) is 0 Å². The lowest BCUT2D eigenvalue weighted by molar-refractivity contribution is -0.167. The van der Waals surface area contributed by atoms with E-state index in [4.69, 9.17) is 14.2 Å². The average molecular weight is 1110 g/mol. The summed E-state index contributed by atoms with van der Waals surface area (Å²) in [4.78, 5) is 38.3. The molecule has 0 spiro atoms. The largest absolute Gasteiger partial charge is 0.462 e. The number of hydrogen-bond acceptors (Lipinski definition) is 6. The highest BCUT2D eigenvalue weighted by molar-refractivity contribution is 5.71.